The molecule has 1 heterocycles. The zero-order valence-corrected chi connectivity index (χ0v) is 14.3. The molecule has 122 valence electrons. The van der Waals surface area contributed by atoms with Crippen molar-refractivity contribution in [1.82, 2.24) is 10.2 Å². The molecule has 2 aliphatic rings. The maximum absolute atomic E-state index is 3.81. The summed E-state index contributed by atoms with van der Waals surface area (Å²) in [5.74, 6) is 1.79. The minimum absolute atomic E-state index is 0.651. The van der Waals surface area contributed by atoms with Gasteiger partial charge in [0.05, 0.1) is 0 Å². The Morgan fingerprint density at radius 3 is 2.59 bits per heavy atom. The Balaban J connectivity index is 1.55. The normalized spacial score (nSPS) is 28.3. The monoisotopic (exact) mass is 300 g/mol. The summed E-state index contributed by atoms with van der Waals surface area (Å²) in [4.78, 5) is 2.81. The SMILES string of the molecule is CCC(C1CCC1)N1CC(C)CC(NCc2ccccc2)C1. The van der Waals surface area contributed by atoms with Gasteiger partial charge in [0, 0.05) is 31.7 Å². The lowest BCUT2D eigenvalue weighted by Crippen LogP contribution is -2.54. The van der Waals surface area contributed by atoms with Crippen LogP contribution in [0.4, 0.5) is 0 Å². The van der Waals surface area contributed by atoms with Crippen LogP contribution >= 0.6 is 0 Å². The Labute approximate surface area is 136 Å². The third-order valence-corrected chi connectivity index (χ3v) is 5.71. The Morgan fingerprint density at radius 2 is 1.95 bits per heavy atom. The molecule has 2 heteroatoms. The van der Waals surface area contributed by atoms with E-state index in [1.807, 2.05) is 0 Å². The van der Waals surface area contributed by atoms with Crippen LogP contribution in [-0.4, -0.2) is 30.1 Å². The van der Waals surface area contributed by atoms with E-state index in [1.165, 1.54) is 50.8 Å². The molecule has 3 atom stereocenters. The Morgan fingerprint density at radius 1 is 1.18 bits per heavy atom. The smallest absolute Gasteiger partial charge is 0.0208 e. The van der Waals surface area contributed by atoms with Gasteiger partial charge in [-0.05, 0) is 43.1 Å². The standard InChI is InChI=1S/C20H32N2/c1-3-20(18-10-7-11-18)22-14-16(2)12-19(15-22)21-13-17-8-5-4-6-9-17/h4-6,8-9,16,18-21H,3,7,10-15H2,1-2H3. The molecule has 1 aliphatic heterocycles. The molecule has 0 spiro atoms. The van der Waals surface area contributed by atoms with E-state index >= 15 is 0 Å². The summed E-state index contributed by atoms with van der Waals surface area (Å²) >= 11 is 0. The fourth-order valence-corrected chi connectivity index (χ4v) is 4.38. The number of likely N-dealkylation sites (tertiary alicyclic amines) is 1. The van der Waals surface area contributed by atoms with Crippen LogP contribution in [0.2, 0.25) is 0 Å². The number of nitrogens with one attached hydrogen (secondary N) is 1. The first-order chi connectivity index (χ1) is 10.8. The molecular formula is C20H32N2. The van der Waals surface area contributed by atoms with Crippen LogP contribution in [0, 0.1) is 11.8 Å². The highest BCUT2D eigenvalue weighted by molar-refractivity contribution is 5.14. The zero-order chi connectivity index (χ0) is 15.4. The van der Waals surface area contributed by atoms with E-state index < -0.39 is 0 Å². The van der Waals surface area contributed by atoms with Crippen LogP contribution in [-0.2, 0) is 6.54 Å². The summed E-state index contributed by atoms with van der Waals surface area (Å²) in [6.07, 6.45) is 7.03. The van der Waals surface area contributed by atoms with E-state index in [4.69, 9.17) is 0 Å². The highest BCUT2D eigenvalue weighted by Gasteiger charge is 2.34. The maximum atomic E-state index is 3.81. The molecule has 1 aromatic carbocycles. The molecule has 2 fully saturated rings. The predicted molar refractivity (Wildman–Crippen MR) is 93.8 cm³/mol. The average molecular weight is 300 g/mol. The van der Waals surface area contributed by atoms with Crippen LogP contribution in [0.15, 0.2) is 30.3 Å². The van der Waals surface area contributed by atoms with Crippen LogP contribution < -0.4 is 5.32 Å². The van der Waals surface area contributed by atoms with E-state index in [9.17, 15) is 0 Å². The lowest BCUT2D eigenvalue weighted by Gasteiger charge is -2.46. The molecule has 22 heavy (non-hydrogen) atoms. The Hall–Kier alpha value is -0.860. The number of benzene rings is 1. The molecule has 0 bridgehead atoms. The van der Waals surface area contributed by atoms with Crippen LogP contribution in [0.3, 0.4) is 0 Å². The van der Waals surface area contributed by atoms with Gasteiger partial charge >= 0.3 is 0 Å². The number of piperidine rings is 1. The van der Waals surface area contributed by atoms with Crippen molar-refractivity contribution in [2.24, 2.45) is 11.8 Å². The number of hydrogen-bond acceptors (Lipinski definition) is 2. The first-order valence-electron chi connectivity index (χ1n) is 9.27. The average Bonchev–Trinajstić information content (AvgIpc) is 2.49. The summed E-state index contributed by atoms with van der Waals surface area (Å²) in [6, 6.07) is 12.3. The van der Waals surface area contributed by atoms with Crippen molar-refractivity contribution in [1.29, 1.82) is 0 Å². The van der Waals surface area contributed by atoms with E-state index in [-0.39, 0.29) is 0 Å². The van der Waals surface area contributed by atoms with Gasteiger partial charge < -0.3 is 5.32 Å². The third kappa shape index (κ3) is 3.91. The van der Waals surface area contributed by atoms with Crippen molar-refractivity contribution in [2.75, 3.05) is 13.1 Å². The van der Waals surface area contributed by atoms with Crippen molar-refractivity contribution in [3.8, 4) is 0 Å². The quantitative estimate of drug-likeness (QED) is 0.852. The molecule has 1 aliphatic carbocycles. The van der Waals surface area contributed by atoms with Gasteiger partial charge in [-0.3, -0.25) is 4.90 Å². The molecular weight excluding hydrogens is 268 g/mol. The summed E-state index contributed by atoms with van der Waals surface area (Å²) < 4.78 is 0. The van der Waals surface area contributed by atoms with Crippen LogP contribution in [0.5, 0.6) is 0 Å². The van der Waals surface area contributed by atoms with Gasteiger partial charge in [-0.2, -0.15) is 0 Å². The first kappa shape index (κ1) is 16.0. The highest BCUT2D eigenvalue weighted by Crippen LogP contribution is 2.35. The van der Waals surface area contributed by atoms with Gasteiger partial charge in [-0.25, -0.2) is 0 Å². The third-order valence-electron chi connectivity index (χ3n) is 5.71. The van der Waals surface area contributed by atoms with Gasteiger partial charge in [0.25, 0.3) is 0 Å². The molecule has 2 nitrogen and oxygen atoms in total. The molecule has 1 aromatic rings. The van der Waals surface area contributed by atoms with Crippen molar-refractivity contribution in [3.63, 3.8) is 0 Å². The molecule has 3 unspecified atom stereocenters. The Kier molecular flexibility index (Phi) is 5.54. The number of hydrogen-bond donors (Lipinski definition) is 1. The summed E-state index contributed by atoms with van der Waals surface area (Å²) in [6.45, 7) is 8.36. The molecule has 1 saturated heterocycles. The molecule has 0 amide bonds. The highest BCUT2D eigenvalue weighted by atomic mass is 15.2. The Bertz CT molecular complexity index is 440. The summed E-state index contributed by atoms with van der Waals surface area (Å²) in [7, 11) is 0. The first-order valence-corrected chi connectivity index (χ1v) is 9.27. The van der Waals surface area contributed by atoms with E-state index in [2.05, 4.69) is 54.4 Å². The number of rotatable bonds is 6. The van der Waals surface area contributed by atoms with Gasteiger partial charge in [0.1, 0.15) is 0 Å². The lowest BCUT2D eigenvalue weighted by molar-refractivity contribution is 0.0436. The van der Waals surface area contributed by atoms with E-state index in [0.29, 0.717) is 6.04 Å². The second-order valence-corrected chi connectivity index (χ2v) is 7.52. The fourth-order valence-electron chi connectivity index (χ4n) is 4.38. The van der Waals surface area contributed by atoms with Crippen molar-refractivity contribution >= 4 is 0 Å². The molecule has 3 rings (SSSR count). The van der Waals surface area contributed by atoms with Crippen LogP contribution in [0.1, 0.15) is 51.5 Å². The molecule has 0 aromatic heterocycles. The van der Waals surface area contributed by atoms with Gasteiger partial charge in [0.15, 0.2) is 0 Å². The second-order valence-electron chi connectivity index (χ2n) is 7.52. The molecule has 1 N–H and O–H groups in total. The topological polar surface area (TPSA) is 15.3 Å². The van der Waals surface area contributed by atoms with Crippen molar-refractivity contribution < 1.29 is 0 Å². The minimum atomic E-state index is 0.651. The number of nitrogens with zero attached hydrogens (tertiary/aromatic N) is 1. The predicted octanol–water partition coefficient (Wildman–Crippen LogP) is 4.07. The molecule has 0 radical (unpaired) electrons. The molecule has 1 saturated carbocycles. The summed E-state index contributed by atoms with van der Waals surface area (Å²) in [5, 5.41) is 3.81. The fraction of sp³-hybridized carbons (Fsp3) is 0.700. The van der Waals surface area contributed by atoms with Gasteiger partial charge in [-0.1, -0.05) is 50.6 Å². The maximum Gasteiger partial charge on any atom is 0.0208 e. The zero-order valence-electron chi connectivity index (χ0n) is 14.3. The summed E-state index contributed by atoms with van der Waals surface area (Å²) in [5.41, 5.74) is 1.40. The lowest BCUT2D eigenvalue weighted by atomic mass is 9.77. The second kappa shape index (κ2) is 7.61. The van der Waals surface area contributed by atoms with Crippen LogP contribution in [0.25, 0.3) is 0 Å². The van der Waals surface area contributed by atoms with Gasteiger partial charge in [0.2, 0.25) is 0 Å². The van der Waals surface area contributed by atoms with E-state index in [0.717, 1.165) is 24.4 Å². The van der Waals surface area contributed by atoms with Crippen molar-refractivity contribution in [2.45, 2.75) is 64.6 Å². The van der Waals surface area contributed by atoms with Gasteiger partial charge in [-0.15, -0.1) is 0 Å². The van der Waals surface area contributed by atoms with E-state index in [1.54, 1.807) is 0 Å². The largest absolute Gasteiger partial charge is 0.309 e. The van der Waals surface area contributed by atoms with Crippen molar-refractivity contribution in [3.05, 3.63) is 35.9 Å². The minimum Gasteiger partial charge on any atom is -0.309 e.